The third kappa shape index (κ3) is 1.95. The Morgan fingerprint density at radius 3 is 2.18 bits per heavy atom. The highest BCUT2D eigenvalue weighted by Crippen LogP contribution is 2.07. The molecule has 17 heavy (non-hydrogen) atoms. The van der Waals surface area contributed by atoms with Gasteiger partial charge in [-0.2, -0.15) is 0 Å². The van der Waals surface area contributed by atoms with Crippen LogP contribution in [0.2, 0.25) is 0 Å². The van der Waals surface area contributed by atoms with Crippen molar-refractivity contribution in [1.29, 1.82) is 0 Å². The maximum absolute atomic E-state index is 11.0. The third-order valence-corrected chi connectivity index (χ3v) is 2.30. The Hall–Kier alpha value is -2.41. The quantitative estimate of drug-likeness (QED) is 0.522. The Balaban J connectivity index is 2.41. The molecule has 1 aromatic heterocycles. The Kier molecular flexibility index (Phi) is 2.52. The van der Waals surface area contributed by atoms with Crippen molar-refractivity contribution in [2.45, 2.75) is 13.8 Å². The lowest BCUT2D eigenvalue weighted by Crippen LogP contribution is -2.32. The highest BCUT2D eigenvalue weighted by Gasteiger charge is 2.17. The summed E-state index contributed by atoms with van der Waals surface area (Å²) in [4.78, 5) is 26.0. The van der Waals surface area contributed by atoms with Crippen molar-refractivity contribution in [3.63, 3.8) is 0 Å². The minimum absolute atomic E-state index is 0.109. The third-order valence-electron chi connectivity index (χ3n) is 2.30. The maximum Gasteiger partial charge on any atom is 0.270 e. The number of aryl methyl sites for hydroxylation is 2. The molecule has 4 heteroatoms. The SMILES string of the molecule is Cc1cc(C#Cc2c(O)c(=O)c2=O)cc(C)n1. The summed E-state index contributed by atoms with van der Waals surface area (Å²) in [6, 6.07) is 3.53. The van der Waals surface area contributed by atoms with Crippen LogP contribution in [0.15, 0.2) is 21.7 Å². The summed E-state index contributed by atoms with van der Waals surface area (Å²) in [7, 11) is 0. The van der Waals surface area contributed by atoms with Crippen LogP contribution >= 0.6 is 0 Å². The minimum atomic E-state index is -0.864. The first kappa shape index (κ1) is 11.1. The Morgan fingerprint density at radius 1 is 1.06 bits per heavy atom. The number of pyridine rings is 1. The molecule has 0 spiro atoms. The number of nitrogens with zero attached hydrogens (tertiary/aromatic N) is 1. The lowest BCUT2D eigenvalue weighted by molar-refractivity contribution is 0.461. The molecule has 0 fully saturated rings. The molecule has 2 rings (SSSR count). The van der Waals surface area contributed by atoms with E-state index in [1.165, 1.54) is 0 Å². The van der Waals surface area contributed by atoms with Crippen molar-refractivity contribution < 1.29 is 5.11 Å². The molecular formula is C13H9NO3. The lowest BCUT2D eigenvalue weighted by atomic mass is 10.1. The molecule has 1 N–H and O–H groups in total. The Labute approximate surface area is 97.3 Å². The van der Waals surface area contributed by atoms with Gasteiger partial charge in [-0.3, -0.25) is 14.6 Å². The second-order valence-corrected chi connectivity index (χ2v) is 3.77. The average molecular weight is 227 g/mol. The molecule has 1 aromatic carbocycles. The van der Waals surface area contributed by atoms with Crippen LogP contribution in [-0.2, 0) is 0 Å². The zero-order valence-electron chi connectivity index (χ0n) is 9.37. The van der Waals surface area contributed by atoms with Crippen LogP contribution in [0.5, 0.6) is 5.75 Å². The van der Waals surface area contributed by atoms with Crippen molar-refractivity contribution in [1.82, 2.24) is 4.98 Å². The lowest BCUT2D eigenvalue weighted by Gasteiger charge is -1.98. The van der Waals surface area contributed by atoms with Gasteiger partial charge < -0.3 is 5.11 Å². The molecule has 0 unspecified atom stereocenters. The van der Waals surface area contributed by atoms with Crippen molar-refractivity contribution in [2.75, 3.05) is 0 Å². The van der Waals surface area contributed by atoms with Crippen molar-refractivity contribution in [3.8, 4) is 17.6 Å². The fraction of sp³-hybridized carbons (Fsp3) is 0.154. The first-order valence-corrected chi connectivity index (χ1v) is 4.98. The van der Waals surface area contributed by atoms with Gasteiger partial charge in [0, 0.05) is 17.0 Å². The zero-order valence-corrected chi connectivity index (χ0v) is 9.37. The van der Waals surface area contributed by atoms with Crippen molar-refractivity contribution >= 4 is 0 Å². The van der Waals surface area contributed by atoms with Crippen LogP contribution in [0, 0.1) is 25.7 Å². The number of hydrogen-bond acceptors (Lipinski definition) is 4. The highest BCUT2D eigenvalue weighted by molar-refractivity contribution is 5.53. The molecule has 84 valence electrons. The van der Waals surface area contributed by atoms with Gasteiger partial charge in [0.1, 0.15) is 5.56 Å². The number of hydrogen-bond donors (Lipinski definition) is 1. The van der Waals surface area contributed by atoms with Gasteiger partial charge in [-0.15, -0.1) is 0 Å². The van der Waals surface area contributed by atoms with E-state index < -0.39 is 16.6 Å². The summed E-state index contributed by atoms with van der Waals surface area (Å²) in [5.74, 6) is 4.69. The number of rotatable bonds is 0. The summed E-state index contributed by atoms with van der Waals surface area (Å²) in [5, 5.41) is 9.13. The summed E-state index contributed by atoms with van der Waals surface area (Å²) >= 11 is 0. The van der Waals surface area contributed by atoms with Crippen molar-refractivity contribution in [2.24, 2.45) is 0 Å². The van der Waals surface area contributed by atoms with Gasteiger partial charge >= 0.3 is 0 Å². The van der Waals surface area contributed by atoms with E-state index in [1.54, 1.807) is 12.1 Å². The van der Waals surface area contributed by atoms with Crippen LogP contribution in [0.3, 0.4) is 0 Å². The van der Waals surface area contributed by atoms with Crippen LogP contribution in [0.25, 0.3) is 0 Å². The van der Waals surface area contributed by atoms with Gasteiger partial charge in [0.2, 0.25) is 5.43 Å². The Bertz CT molecular complexity index is 705. The van der Waals surface area contributed by atoms with Gasteiger partial charge in [0.05, 0.1) is 0 Å². The second kappa shape index (κ2) is 3.87. The number of aromatic nitrogens is 1. The van der Waals surface area contributed by atoms with Gasteiger partial charge in [-0.05, 0) is 26.0 Å². The molecule has 1 heterocycles. The molecular weight excluding hydrogens is 218 g/mol. The standard InChI is InChI=1S/C13H9NO3/c1-7-5-9(6-8(2)14-7)3-4-10-11(15)13(17)12(10)16/h5-6,15H,1-2H3. The predicted molar refractivity (Wildman–Crippen MR) is 62.7 cm³/mol. The van der Waals surface area contributed by atoms with E-state index in [-0.39, 0.29) is 5.56 Å². The molecule has 0 radical (unpaired) electrons. The van der Waals surface area contributed by atoms with E-state index in [4.69, 9.17) is 5.11 Å². The van der Waals surface area contributed by atoms with Crippen LogP contribution in [0.4, 0.5) is 0 Å². The fourth-order valence-electron chi connectivity index (χ4n) is 1.54. The maximum atomic E-state index is 11.0. The Morgan fingerprint density at radius 2 is 1.65 bits per heavy atom. The van der Waals surface area contributed by atoms with Crippen LogP contribution in [0.1, 0.15) is 22.5 Å². The fourth-order valence-corrected chi connectivity index (χ4v) is 1.54. The molecule has 0 bridgehead atoms. The predicted octanol–water partition coefficient (Wildman–Crippen LogP) is 0.400. The van der Waals surface area contributed by atoms with Gasteiger partial charge in [0.15, 0.2) is 5.75 Å². The van der Waals surface area contributed by atoms with Gasteiger partial charge in [-0.25, -0.2) is 0 Å². The molecule has 0 saturated carbocycles. The number of aromatic hydroxyl groups is 1. The van der Waals surface area contributed by atoms with Gasteiger partial charge in [0.25, 0.3) is 5.43 Å². The van der Waals surface area contributed by atoms with Crippen LogP contribution < -0.4 is 10.9 Å². The van der Waals surface area contributed by atoms with E-state index in [0.29, 0.717) is 5.56 Å². The molecule has 2 aromatic rings. The molecule has 0 aliphatic rings. The normalized spacial score (nSPS) is 10.0. The van der Waals surface area contributed by atoms with E-state index in [9.17, 15) is 9.59 Å². The second-order valence-electron chi connectivity index (χ2n) is 3.77. The smallest absolute Gasteiger partial charge is 0.270 e. The first-order chi connectivity index (χ1) is 7.99. The summed E-state index contributed by atoms with van der Waals surface area (Å²) < 4.78 is 0. The monoisotopic (exact) mass is 227 g/mol. The summed E-state index contributed by atoms with van der Waals surface area (Å²) in [6.07, 6.45) is 0. The molecule has 0 aliphatic carbocycles. The van der Waals surface area contributed by atoms with E-state index in [1.807, 2.05) is 13.8 Å². The topological polar surface area (TPSA) is 67.3 Å². The van der Waals surface area contributed by atoms with Crippen LogP contribution in [-0.4, -0.2) is 10.1 Å². The van der Waals surface area contributed by atoms with Crippen molar-refractivity contribution in [3.05, 3.63) is 55.1 Å². The molecule has 4 nitrogen and oxygen atoms in total. The summed E-state index contributed by atoms with van der Waals surface area (Å²) in [5.41, 5.74) is 0.644. The molecule has 0 atom stereocenters. The largest absolute Gasteiger partial charge is 0.503 e. The average Bonchev–Trinajstić information content (AvgIpc) is 2.27. The molecule has 0 saturated heterocycles. The first-order valence-electron chi connectivity index (χ1n) is 4.98. The highest BCUT2D eigenvalue weighted by atomic mass is 16.3. The van der Waals surface area contributed by atoms with Gasteiger partial charge in [-0.1, -0.05) is 11.8 Å². The van der Waals surface area contributed by atoms with E-state index in [2.05, 4.69) is 16.8 Å². The summed E-state index contributed by atoms with van der Waals surface area (Å²) in [6.45, 7) is 3.68. The zero-order chi connectivity index (χ0) is 12.6. The minimum Gasteiger partial charge on any atom is -0.503 e. The van der Waals surface area contributed by atoms with E-state index >= 15 is 0 Å². The molecule has 0 amide bonds. The molecule has 0 aliphatic heterocycles. The van der Waals surface area contributed by atoms with E-state index in [0.717, 1.165) is 11.4 Å².